The molecule has 1 aliphatic heterocycles. The fraction of sp³-hybridized carbons (Fsp3) is 0.625. The molecule has 3 heteroatoms. The molecule has 0 N–H and O–H groups in total. The van der Waals surface area contributed by atoms with Crippen LogP contribution in [-0.4, -0.2) is 42.5 Å². The zero-order valence-corrected chi connectivity index (χ0v) is 12.3. The second-order valence-corrected chi connectivity index (χ2v) is 5.72. The maximum Gasteiger partial charge on any atom is 0.127 e. The van der Waals surface area contributed by atoms with Crippen molar-refractivity contribution in [3.63, 3.8) is 0 Å². The third kappa shape index (κ3) is 3.77. The average molecular weight is 264 g/mol. The molecule has 0 atom stereocenters. The molecule has 2 nitrogen and oxygen atoms in total. The van der Waals surface area contributed by atoms with E-state index in [1.165, 1.54) is 0 Å². The van der Waals surface area contributed by atoms with Gasteiger partial charge in [0.2, 0.25) is 0 Å². The lowest BCUT2D eigenvalue weighted by Gasteiger charge is -2.34. The topological polar surface area (TPSA) is 6.48 Å². The summed E-state index contributed by atoms with van der Waals surface area (Å²) in [4.78, 5) is 4.79. The van der Waals surface area contributed by atoms with Gasteiger partial charge >= 0.3 is 0 Å². The van der Waals surface area contributed by atoms with E-state index in [0.29, 0.717) is 5.92 Å². The third-order valence-corrected chi connectivity index (χ3v) is 4.05. The summed E-state index contributed by atoms with van der Waals surface area (Å²) >= 11 is 0. The Morgan fingerprint density at radius 2 is 1.74 bits per heavy atom. The molecular formula is C16H25FN2. The molecular weight excluding hydrogens is 239 g/mol. The standard InChI is InChI=1S/C16H25FN2/c1-4-18-7-9-19(10-8-18)12-15-6-5-14(13(2)3)11-16(15)17/h5-6,11,13H,4,7-10,12H2,1-3H3. The van der Waals surface area contributed by atoms with Gasteiger partial charge in [-0.05, 0) is 24.1 Å². The van der Waals surface area contributed by atoms with Crippen LogP contribution >= 0.6 is 0 Å². The van der Waals surface area contributed by atoms with Crippen molar-refractivity contribution in [1.82, 2.24) is 9.80 Å². The van der Waals surface area contributed by atoms with E-state index in [4.69, 9.17) is 0 Å². The smallest absolute Gasteiger partial charge is 0.127 e. The van der Waals surface area contributed by atoms with E-state index < -0.39 is 0 Å². The summed E-state index contributed by atoms with van der Waals surface area (Å²) in [6.45, 7) is 12.5. The molecule has 0 bridgehead atoms. The van der Waals surface area contributed by atoms with Crippen molar-refractivity contribution >= 4 is 0 Å². The van der Waals surface area contributed by atoms with Gasteiger partial charge in [0.15, 0.2) is 0 Å². The van der Waals surface area contributed by atoms with Gasteiger partial charge in [-0.1, -0.05) is 32.9 Å². The minimum Gasteiger partial charge on any atom is -0.301 e. The Labute approximate surface area is 116 Å². The Hall–Kier alpha value is -0.930. The van der Waals surface area contributed by atoms with Gasteiger partial charge in [0.1, 0.15) is 5.82 Å². The summed E-state index contributed by atoms with van der Waals surface area (Å²) in [5.41, 5.74) is 1.91. The summed E-state index contributed by atoms with van der Waals surface area (Å²) in [7, 11) is 0. The van der Waals surface area contributed by atoms with Gasteiger partial charge in [-0.3, -0.25) is 4.90 Å². The maximum atomic E-state index is 14.1. The molecule has 0 spiro atoms. The van der Waals surface area contributed by atoms with E-state index >= 15 is 0 Å². The number of halogens is 1. The van der Waals surface area contributed by atoms with Crippen molar-refractivity contribution in [3.05, 3.63) is 35.1 Å². The molecule has 0 saturated carbocycles. The van der Waals surface area contributed by atoms with Crippen LogP contribution in [0.5, 0.6) is 0 Å². The molecule has 1 aromatic rings. The van der Waals surface area contributed by atoms with Gasteiger partial charge in [0.05, 0.1) is 0 Å². The molecule has 1 aliphatic rings. The Morgan fingerprint density at radius 3 is 2.26 bits per heavy atom. The lowest BCUT2D eigenvalue weighted by atomic mass is 10.0. The van der Waals surface area contributed by atoms with Gasteiger partial charge < -0.3 is 4.90 Å². The SMILES string of the molecule is CCN1CCN(Cc2ccc(C(C)C)cc2F)CC1. The van der Waals surface area contributed by atoms with Crippen molar-refractivity contribution in [3.8, 4) is 0 Å². The van der Waals surface area contributed by atoms with Gasteiger partial charge in [0, 0.05) is 38.3 Å². The highest BCUT2D eigenvalue weighted by molar-refractivity contribution is 5.26. The van der Waals surface area contributed by atoms with Crippen molar-refractivity contribution in [2.24, 2.45) is 0 Å². The summed E-state index contributed by atoms with van der Waals surface area (Å²) in [6.07, 6.45) is 0. The van der Waals surface area contributed by atoms with Crippen LogP contribution in [0, 0.1) is 5.82 Å². The summed E-state index contributed by atoms with van der Waals surface area (Å²) in [5.74, 6) is 0.334. The van der Waals surface area contributed by atoms with Crippen LogP contribution in [0.3, 0.4) is 0 Å². The first kappa shape index (κ1) is 14.5. The minimum atomic E-state index is -0.0517. The van der Waals surface area contributed by atoms with Crippen LogP contribution in [0.2, 0.25) is 0 Å². The molecule has 1 aromatic carbocycles. The largest absolute Gasteiger partial charge is 0.301 e. The highest BCUT2D eigenvalue weighted by Crippen LogP contribution is 2.19. The first-order valence-electron chi connectivity index (χ1n) is 7.33. The number of hydrogen-bond donors (Lipinski definition) is 0. The van der Waals surface area contributed by atoms with E-state index in [1.54, 1.807) is 6.07 Å². The van der Waals surface area contributed by atoms with Crippen LogP contribution in [0.15, 0.2) is 18.2 Å². The van der Waals surface area contributed by atoms with Gasteiger partial charge in [-0.2, -0.15) is 0 Å². The molecule has 0 amide bonds. The fourth-order valence-electron chi connectivity index (χ4n) is 2.56. The molecule has 106 valence electrons. The first-order valence-corrected chi connectivity index (χ1v) is 7.33. The van der Waals surface area contributed by atoms with E-state index in [-0.39, 0.29) is 5.82 Å². The minimum absolute atomic E-state index is 0.0517. The zero-order chi connectivity index (χ0) is 13.8. The van der Waals surface area contributed by atoms with Crippen molar-refractivity contribution in [2.75, 3.05) is 32.7 Å². The Bertz CT molecular complexity index is 409. The van der Waals surface area contributed by atoms with Crippen LogP contribution in [0.1, 0.15) is 37.8 Å². The molecule has 0 unspecified atom stereocenters. The second-order valence-electron chi connectivity index (χ2n) is 5.72. The highest BCUT2D eigenvalue weighted by Gasteiger charge is 2.17. The summed E-state index contributed by atoms with van der Waals surface area (Å²) in [6, 6.07) is 5.71. The molecule has 2 rings (SSSR count). The molecule has 19 heavy (non-hydrogen) atoms. The monoisotopic (exact) mass is 264 g/mol. The molecule has 1 fully saturated rings. The van der Waals surface area contributed by atoms with Crippen molar-refractivity contribution in [2.45, 2.75) is 33.2 Å². The molecule has 1 saturated heterocycles. The molecule has 1 heterocycles. The second kappa shape index (κ2) is 6.49. The Balaban J connectivity index is 1.96. The fourth-order valence-corrected chi connectivity index (χ4v) is 2.56. The maximum absolute atomic E-state index is 14.1. The molecule has 0 aliphatic carbocycles. The lowest BCUT2D eigenvalue weighted by molar-refractivity contribution is 0.131. The van der Waals surface area contributed by atoms with Crippen LogP contribution in [0.25, 0.3) is 0 Å². The van der Waals surface area contributed by atoms with E-state index in [0.717, 1.165) is 50.4 Å². The van der Waals surface area contributed by atoms with Crippen molar-refractivity contribution < 1.29 is 4.39 Å². The summed E-state index contributed by atoms with van der Waals surface area (Å²) < 4.78 is 14.1. The quantitative estimate of drug-likeness (QED) is 0.824. The van der Waals surface area contributed by atoms with E-state index in [9.17, 15) is 4.39 Å². The van der Waals surface area contributed by atoms with Gasteiger partial charge in [-0.25, -0.2) is 4.39 Å². The number of piperazine rings is 1. The third-order valence-electron chi connectivity index (χ3n) is 4.05. The predicted molar refractivity (Wildman–Crippen MR) is 77.9 cm³/mol. The van der Waals surface area contributed by atoms with Crippen molar-refractivity contribution in [1.29, 1.82) is 0 Å². The number of likely N-dealkylation sites (N-methyl/N-ethyl adjacent to an activating group) is 1. The first-order chi connectivity index (χ1) is 9.10. The van der Waals surface area contributed by atoms with E-state index in [1.807, 2.05) is 6.07 Å². The normalized spacial score (nSPS) is 18.2. The molecule has 0 aromatic heterocycles. The van der Waals surface area contributed by atoms with E-state index in [2.05, 4.69) is 36.6 Å². The number of rotatable bonds is 4. The average Bonchev–Trinajstić information content (AvgIpc) is 2.41. The van der Waals surface area contributed by atoms with Crippen LogP contribution in [-0.2, 0) is 6.54 Å². The number of benzene rings is 1. The lowest BCUT2D eigenvalue weighted by Crippen LogP contribution is -2.45. The zero-order valence-electron chi connectivity index (χ0n) is 12.3. The number of hydrogen-bond acceptors (Lipinski definition) is 2. The highest BCUT2D eigenvalue weighted by atomic mass is 19.1. The van der Waals surface area contributed by atoms with Gasteiger partial charge in [0.25, 0.3) is 0 Å². The predicted octanol–water partition coefficient (Wildman–Crippen LogP) is 3.09. The molecule has 0 radical (unpaired) electrons. The summed E-state index contributed by atoms with van der Waals surface area (Å²) in [5, 5.41) is 0. The Kier molecular flexibility index (Phi) is 4.94. The number of nitrogens with zero attached hydrogens (tertiary/aromatic N) is 2. The van der Waals surface area contributed by atoms with Crippen LogP contribution in [0.4, 0.5) is 4.39 Å². The Morgan fingerprint density at radius 1 is 1.11 bits per heavy atom. The van der Waals surface area contributed by atoms with Gasteiger partial charge in [-0.15, -0.1) is 0 Å². The van der Waals surface area contributed by atoms with Crippen LogP contribution < -0.4 is 0 Å².